The molecule has 0 N–H and O–H groups in total. The Kier molecular flexibility index (Phi) is 2.65. The number of hydrogen-bond acceptors (Lipinski definition) is 2. The first-order chi connectivity index (χ1) is 9.95. The zero-order valence-electron chi connectivity index (χ0n) is 12.4. The van der Waals surface area contributed by atoms with E-state index in [4.69, 9.17) is 0 Å². The van der Waals surface area contributed by atoms with Crippen molar-refractivity contribution in [2.45, 2.75) is 51.1 Å². The molecule has 0 spiro atoms. The van der Waals surface area contributed by atoms with Crippen LogP contribution in [-0.4, -0.2) is 17.2 Å². The van der Waals surface area contributed by atoms with Gasteiger partial charge in [0.1, 0.15) is 5.78 Å². The van der Waals surface area contributed by atoms with Crippen molar-refractivity contribution >= 4 is 11.6 Å². The molecule has 3 saturated carbocycles. The predicted molar refractivity (Wildman–Crippen MR) is 77.4 cm³/mol. The lowest BCUT2D eigenvalue weighted by atomic mass is 9.52. The molecule has 3 fully saturated rings. The van der Waals surface area contributed by atoms with Gasteiger partial charge in [0, 0.05) is 17.8 Å². The van der Waals surface area contributed by atoms with Gasteiger partial charge in [0.05, 0.1) is 0 Å². The van der Waals surface area contributed by atoms with Crippen molar-refractivity contribution in [3.8, 4) is 0 Å². The Bertz CT molecular complexity index is 590. The van der Waals surface area contributed by atoms with Gasteiger partial charge >= 0.3 is 0 Å². The van der Waals surface area contributed by atoms with E-state index >= 15 is 4.39 Å². The van der Waals surface area contributed by atoms with Crippen LogP contribution in [0.4, 0.5) is 4.39 Å². The average Bonchev–Trinajstić information content (AvgIpc) is 2.76. The quantitative estimate of drug-likeness (QED) is 0.683. The lowest BCUT2D eigenvalue weighted by Crippen LogP contribution is -2.52. The summed E-state index contributed by atoms with van der Waals surface area (Å²) < 4.78 is 15.6. The predicted octanol–water partition coefficient (Wildman–Crippen LogP) is 3.57. The molecule has 0 aliphatic heterocycles. The standard InChI is InChI=1S/C18H21FO2/c1-17-8-7-15-13(14(17)4-5-16(17)21)3-2-11-10-12(20)6-9-18(11,15)19/h6,9-10,13-15H,2-5,7-8H2,1H3/t13-,14?,15-,17-,18+/m0/s1. The van der Waals surface area contributed by atoms with E-state index in [0.29, 0.717) is 30.1 Å². The van der Waals surface area contributed by atoms with Crippen LogP contribution in [0, 0.1) is 23.2 Å². The first-order valence-corrected chi connectivity index (χ1v) is 8.11. The topological polar surface area (TPSA) is 34.1 Å². The van der Waals surface area contributed by atoms with Crippen LogP contribution in [0.3, 0.4) is 0 Å². The summed E-state index contributed by atoms with van der Waals surface area (Å²) in [6.07, 6.45) is 9.14. The van der Waals surface area contributed by atoms with E-state index in [2.05, 4.69) is 6.92 Å². The second-order valence-corrected chi connectivity index (χ2v) is 7.51. The fourth-order valence-corrected chi connectivity index (χ4v) is 5.57. The van der Waals surface area contributed by atoms with Crippen molar-refractivity contribution in [2.75, 3.05) is 0 Å². The molecule has 0 radical (unpaired) electrons. The largest absolute Gasteiger partial charge is 0.299 e. The van der Waals surface area contributed by atoms with Gasteiger partial charge in [0.25, 0.3) is 0 Å². The second-order valence-electron chi connectivity index (χ2n) is 7.51. The van der Waals surface area contributed by atoms with E-state index in [9.17, 15) is 9.59 Å². The van der Waals surface area contributed by atoms with Gasteiger partial charge < -0.3 is 0 Å². The molecule has 0 saturated heterocycles. The third-order valence-electron chi connectivity index (χ3n) is 6.73. The summed E-state index contributed by atoms with van der Waals surface area (Å²) in [5, 5.41) is 0. The molecule has 112 valence electrons. The molecule has 0 amide bonds. The van der Waals surface area contributed by atoms with Crippen LogP contribution in [0.25, 0.3) is 0 Å². The molecule has 3 heteroatoms. The lowest BCUT2D eigenvalue weighted by Gasteiger charge is -2.53. The number of carbonyl (C=O) groups excluding carboxylic acids is 2. The number of rotatable bonds is 0. The van der Waals surface area contributed by atoms with Crippen molar-refractivity contribution in [2.24, 2.45) is 23.2 Å². The summed E-state index contributed by atoms with van der Waals surface area (Å²) in [7, 11) is 0. The van der Waals surface area contributed by atoms with Crippen molar-refractivity contribution in [3.63, 3.8) is 0 Å². The van der Waals surface area contributed by atoms with Gasteiger partial charge in [-0.1, -0.05) is 6.92 Å². The molecule has 0 bridgehead atoms. The maximum atomic E-state index is 15.6. The summed E-state index contributed by atoms with van der Waals surface area (Å²) in [6, 6.07) is 0. The molecule has 0 aromatic rings. The van der Waals surface area contributed by atoms with Crippen LogP contribution in [0.2, 0.25) is 0 Å². The maximum absolute atomic E-state index is 15.6. The van der Waals surface area contributed by atoms with Crippen LogP contribution >= 0.6 is 0 Å². The Morgan fingerprint density at radius 2 is 1.95 bits per heavy atom. The van der Waals surface area contributed by atoms with Crippen molar-refractivity contribution in [3.05, 3.63) is 23.8 Å². The van der Waals surface area contributed by atoms with Crippen LogP contribution in [-0.2, 0) is 9.59 Å². The zero-order valence-corrected chi connectivity index (χ0v) is 12.4. The van der Waals surface area contributed by atoms with E-state index in [1.807, 2.05) is 0 Å². The van der Waals surface area contributed by atoms with Crippen molar-refractivity contribution in [1.29, 1.82) is 0 Å². The number of ketones is 2. The van der Waals surface area contributed by atoms with Gasteiger partial charge in [-0.2, -0.15) is 0 Å². The fourth-order valence-electron chi connectivity index (χ4n) is 5.57. The SMILES string of the molecule is C[C@]12CC[C@H]3[C@@H](CCC4=CC(=O)C=C[C@@]43F)C1CCC2=O. The highest BCUT2D eigenvalue weighted by Gasteiger charge is 2.60. The summed E-state index contributed by atoms with van der Waals surface area (Å²) in [4.78, 5) is 23.8. The molecule has 0 aromatic carbocycles. The third kappa shape index (κ3) is 1.63. The fraction of sp³-hybridized carbons (Fsp3) is 0.667. The van der Waals surface area contributed by atoms with Crippen LogP contribution < -0.4 is 0 Å². The molecule has 0 aromatic heterocycles. The molecule has 21 heavy (non-hydrogen) atoms. The Balaban J connectivity index is 1.72. The van der Waals surface area contributed by atoms with Gasteiger partial charge in [-0.25, -0.2) is 4.39 Å². The van der Waals surface area contributed by atoms with Crippen LogP contribution in [0.5, 0.6) is 0 Å². The highest BCUT2D eigenvalue weighted by molar-refractivity contribution is 6.01. The summed E-state index contributed by atoms with van der Waals surface area (Å²) in [6.45, 7) is 2.10. The molecule has 4 aliphatic carbocycles. The maximum Gasteiger partial charge on any atom is 0.178 e. The normalized spacial score (nSPS) is 48.5. The molecule has 1 unspecified atom stereocenters. The Morgan fingerprint density at radius 1 is 1.14 bits per heavy atom. The smallest absolute Gasteiger partial charge is 0.178 e. The molecule has 2 nitrogen and oxygen atoms in total. The molecule has 4 rings (SSSR count). The Labute approximate surface area is 124 Å². The van der Waals surface area contributed by atoms with Crippen molar-refractivity contribution < 1.29 is 14.0 Å². The molecule has 5 atom stereocenters. The van der Waals surface area contributed by atoms with Gasteiger partial charge in [-0.05, 0) is 67.7 Å². The van der Waals surface area contributed by atoms with Gasteiger partial charge in [-0.15, -0.1) is 0 Å². The number of hydrogen-bond donors (Lipinski definition) is 0. The minimum absolute atomic E-state index is 0.0502. The zero-order chi connectivity index (χ0) is 14.8. The summed E-state index contributed by atoms with van der Waals surface area (Å²) >= 11 is 0. The monoisotopic (exact) mass is 288 g/mol. The highest BCUT2D eigenvalue weighted by atomic mass is 19.1. The second kappa shape index (κ2) is 4.15. The van der Waals surface area contributed by atoms with Crippen molar-refractivity contribution in [1.82, 2.24) is 0 Å². The van der Waals surface area contributed by atoms with E-state index in [0.717, 1.165) is 25.7 Å². The molecular formula is C18H21FO2. The number of fused-ring (bicyclic) bond motifs is 5. The first kappa shape index (κ1) is 13.4. The van der Waals surface area contributed by atoms with Gasteiger partial charge in [0.2, 0.25) is 0 Å². The number of halogens is 1. The van der Waals surface area contributed by atoms with Gasteiger partial charge in [-0.3, -0.25) is 9.59 Å². The summed E-state index contributed by atoms with van der Waals surface area (Å²) in [5.74, 6) is 0.868. The van der Waals surface area contributed by atoms with Crippen LogP contribution in [0.15, 0.2) is 23.8 Å². The number of Topliss-reactive ketones (excluding diaryl/α,β-unsaturated/α-hetero) is 1. The van der Waals surface area contributed by atoms with E-state index < -0.39 is 5.67 Å². The minimum atomic E-state index is -1.44. The molecule has 0 heterocycles. The molecular weight excluding hydrogens is 267 g/mol. The average molecular weight is 288 g/mol. The third-order valence-corrected chi connectivity index (χ3v) is 6.73. The number of allylic oxidation sites excluding steroid dienone is 4. The number of carbonyl (C=O) groups is 2. The number of alkyl halides is 1. The highest BCUT2D eigenvalue weighted by Crippen LogP contribution is 2.61. The van der Waals surface area contributed by atoms with Crippen LogP contribution in [0.1, 0.15) is 45.4 Å². The van der Waals surface area contributed by atoms with E-state index in [-0.39, 0.29) is 23.0 Å². The van der Waals surface area contributed by atoms with E-state index in [1.165, 1.54) is 18.2 Å². The Hall–Kier alpha value is -1.25. The summed E-state index contributed by atoms with van der Waals surface area (Å²) in [5.41, 5.74) is -0.985. The first-order valence-electron chi connectivity index (χ1n) is 8.11. The van der Waals surface area contributed by atoms with E-state index in [1.54, 1.807) is 0 Å². The lowest BCUT2D eigenvalue weighted by molar-refractivity contribution is -0.132. The molecule has 4 aliphatic rings. The Morgan fingerprint density at radius 3 is 2.76 bits per heavy atom. The minimum Gasteiger partial charge on any atom is -0.299 e. The van der Waals surface area contributed by atoms with Gasteiger partial charge in [0.15, 0.2) is 11.5 Å².